The number of fused-ring (bicyclic) bond motifs is 3. The van der Waals surface area contributed by atoms with Crippen LogP contribution in [0, 0.1) is 0 Å². The van der Waals surface area contributed by atoms with Crippen LogP contribution < -0.4 is 14.4 Å². The molecule has 0 atom stereocenters. The van der Waals surface area contributed by atoms with E-state index in [1.165, 1.54) is 27.6 Å². The molecule has 1 aromatic heterocycles. The SMILES string of the molecule is COc1ccc(N2C(=O)/C(=C/c3ccc4c(c3)c3ccccc3n4C)SC2=S)cc1OC. The molecule has 1 fully saturated rings. The molecular formula is C25H20N2O3S2. The summed E-state index contributed by atoms with van der Waals surface area (Å²) in [6.07, 6.45) is 1.90. The molecule has 0 bridgehead atoms. The fourth-order valence-electron chi connectivity index (χ4n) is 4.08. The van der Waals surface area contributed by atoms with Gasteiger partial charge in [0.1, 0.15) is 0 Å². The van der Waals surface area contributed by atoms with Gasteiger partial charge in [-0.05, 0) is 42.0 Å². The summed E-state index contributed by atoms with van der Waals surface area (Å²) in [5.41, 5.74) is 3.94. The molecule has 0 unspecified atom stereocenters. The van der Waals surface area contributed by atoms with Crippen molar-refractivity contribution in [3.8, 4) is 11.5 Å². The number of nitrogens with zero attached hydrogens (tertiary/aromatic N) is 2. The molecule has 0 aliphatic carbocycles. The van der Waals surface area contributed by atoms with E-state index in [1.54, 1.807) is 32.4 Å². The molecule has 5 rings (SSSR count). The first kappa shape index (κ1) is 20.6. The lowest BCUT2D eigenvalue weighted by atomic mass is 10.1. The van der Waals surface area contributed by atoms with Crippen LogP contribution in [0.15, 0.2) is 65.6 Å². The minimum absolute atomic E-state index is 0.148. The highest BCUT2D eigenvalue weighted by atomic mass is 32.2. The fraction of sp³-hybridized carbons (Fsp3) is 0.120. The van der Waals surface area contributed by atoms with Gasteiger partial charge in [0, 0.05) is 34.9 Å². The van der Waals surface area contributed by atoms with Gasteiger partial charge in [-0.2, -0.15) is 0 Å². The van der Waals surface area contributed by atoms with E-state index in [1.807, 2.05) is 24.3 Å². The zero-order valence-electron chi connectivity index (χ0n) is 17.8. The van der Waals surface area contributed by atoms with Crippen LogP contribution in [0.5, 0.6) is 11.5 Å². The number of ether oxygens (including phenoxy) is 2. The lowest BCUT2D eigenvalue weighted by Crippen LogP contribution is -2.27. The van der Waals surface area contributed by atoms with Crippen LogP contribution in [0.4, 0.5) is 5.69 Å². The summed E-state index contributed by atoms with van der Waals surface area (Å²) < 4.78 is 13.3. The van der Waals surface area contributed by atoms with E-state index in [2.05, 4.69) is 35.9 Å². The Morgan fingerprint density at radius 2 is 1.66 bits per heavy atom. The summed E-state index contributed by atoms with van der Waals surface area (Å²) in [5, 5.41) is 2.35. The largest absolute Gasteiger partial charge is 0.493 e. The van der Waals surface area contributed by atoms with Crippen molar-refractivity contribution in [3.05, 3.63) is 71.1 Å². The van der Waals surface area contributed by atoms with Crippen molar-refractivity contribution in [1.29, 1.82) is 0 Å². The predicted molar refractivity (Wildman–Crippen MR) is 136 cm³/mol. The van der Waals surface area contributed by atoms with Crippen LogP contribution in [-0.4, -0.2) is 29.0 Å². The molecule has 160 valence electrons. The smallest absolute Gasteiger partial charge is 0.270 e. The number of hydrogen-bond donors (Lipinski definition) is 0. The highest BCUT2D eigenvalue weighted by molar-refractivity contribution is 8.27. The second kappa shape index (κ2) is 8.00. The number of thioether (sulfide) groups is 1. The van der Waals surface area contributed by atoms with E-state index < -0.39 is 0 Å². The lowest BCUT2D eigenvalue weighted by Gasteiger charge is -2.16. The Balaban J connectivity index is 1.53. The molecule has 4 aromatic rings. The maximum Gasteiger partial charge on any atom is 0.270 e. The average Bonchev–Trinajstić information content (AvgIpc) is 3.26. The van der Waals surface area contributed by atoms with Gasteiger partial charge in [0.2, 0.25) is 0 Å². The van der Waals surface area contributed by atoms with Gasteiger partial charge in [-0.1, -0.05) is 48.2 Å². The molecule has 2 heterocycles. The number of hydrogen-bond acceptors (Lipinski definition) is 5. The standard InChI is InChI=1S/C25H20N2O3S2/c1-26-19-7-5-4-6-17(19)18-12-15(8-10-20(18)26)13-23-24(28)27(25(31)32-23)16-9-11-21(29-2)22(14-16)30-3/h4-14H,1-3H3/b23-13-. The zero-order valence-corrected chi connectivity index (χ0v) is 19.4. The van der Waals surface area contributed by atoms with E-state index in [4.69, 9.17) is 21.7 Å². The number of aryl methyl sites for hydroxylation is 1. The highest BCUT2D eigenvalue weighted by Gasteiger charge is 2.33. The number of rotatable bonds is 4. The maximum absolute atomic E-state index is 13.2. The number of methoxy groups -OCH3 is 2. The molecule has 1 aliphatic heterocycles. The molecule has 32 heavy (non-hydrogen) atoms. The normalized spacial score (nSPS) is 15.3. The molecule has 0 N–H and O–H groups in total. The second-order valence-corrected chi connectivity index (χ2v) is 9.08. The molecule has 0 radical (unpaired) electrons. The number of para-hydroxylation sites is 1. The predicted octanol–water partition coefficient (Wildman–Crippen LogP) is 5.75. The number of carbonyl (C=O) groups excluding carboxylic acids is 1. The van der Waals surface area contributed by atoms with Gasteiger partial charge in [0.25, 0.3) is 5.91 Å². The van der Waals surface area contributed by atoms with E-state index in [9.17, 15) is 4.79 Å². The molecule has 5 nitrogen and oxygen atoms in total. The topological polar surface area (TPSA) is 43.7 Å². The van der Waals surface area contributed by atoms with E-state index in [0.717, 1.165) is 16.5 Å². The van der Waals surface area contributed by atoms with Crippen LogP contribution in [0.2, 0.25) is 0 Å². The van der Waals surface area contributed by atoms with E-state index in [0.29, 0.717) is 26.4 Å². The summed E-state index contributed by atoms with van der Waals surface area (Å²) in [7, 11) is 5.21. The van der Waals surface area contributed by atoms with Gasteiger partial charge >= 0.3 is 0 Å². The molecule has 3 aromatic carbocycles. The quantitative estimate of drug-likeness (QED) is 0.286. The number of aromatic nitrogens is 1. The molecule has 1 saturated heterocycles. The number of thiocarbonyl (C=S) groups is 1. The lowest BCUT2D eigenvalue weighted by molar-refractivity contribution is -0.113. The first-order chi connectivity index (χ1) is 15.5. The van der Waals surface area contributed by atoms with Gasteiger partial charge in [-0.25, -0.2) is 0 Å². The summed E-state index contributed by atoms with van der Waals surface area (Å²) in [6.45, 7) is 0. The first-order valence-electron chi connectivity index (χ1n) is 9.99. The van der Waals surface area contributed by atoms with Crippen LogP contribution >= 0.6 is 24.0 Å². The van der Waals surface area contributed by atoms with Gasteiger partial charge in [-0.3, -0.25) is 9.69 Å². The summed E-state index contributed by atoms with van der Waals surface area (Å²) in [5.74, 6) is 0.996. The van der Waals surface area contributed by atoms with Gasteiger partial charge in [-0.15, -0.1) is 0 Å². The molecular weight excluding hydrogens is 440 g/mol. The van der Waals surface area contributed by atoms with Crippen molar-refractivity contribution >= 4 is 67.8 Å². The third kappa shape index (κ3) is 3.25. The van der Waals surface area contributed by atoms with E-state index in [-0.39, 0.29) is 5.91 Å². The third-order valence-corrected chi connectivity index (χ3v) is 6.96. The molecule has 0 saturated carbocycles. The van der Waals surface area contributed by atoms with Gasteiger partial charge in [0.15, 0.2) is 15.8 Å². The Labute approximate surface area is 195 Å². The van der Waals surface area contributed by atoms with Crippen LogP contribution in [-0.2, 0) is 11.8 Å². The van der Waals surface area contributed by atoms with Crippen molar-refractivity contribution in [2.75, 3.05) is 19.1 Å². The van der Waals surface area contributed by atoms with Crippen LogP contribution in [0.3, 0.4) is 0 Å². The molecule has 1 aliphatic rings. The Kier molecular flexibility index (Phi) is 5.15. The molecule has 1 amide bonds. The first-order valence-corrected chi connectivity index (χ1v) is 11.2. The zero-order chi connectivity index (χ0) is 22.4. The number of carbonyl (C=O) groups is 1. The molecule has 7 heteroatoms. The highest BCUT2D eigenvalue weighted by Crippen LogP contribution is 2.39. The number of benzene rings is 3. The van der Waals surface area contributed by atoms with Gasteiger partial charge < -0.3 is 14.0 Å². The Bertz CT molecular complexity index is 1440. The Morgan fingerprint density at radius 1 is 0.906 bits per heavy atom. The maximum atomic E-state index is 13.2. The Hall–Kier alpha value is -3.29. The van der Waals surface area contributed by atoms with Crippen molar-refractivity contribution in [2.45, 2.75) is 0 Å². The summed E-state index contributed by atoms with van der Waals surface area (Å²) in [6, 6.07) is 19.9. The van der Waals surface area contributed by atoms with Gasteiger partial charge in [0.05, 0.1) is 24.8 Å². The minimum atomic E-state index is -0.148. The summed E-state index contributed by atoms with van der Waals surface area (Å²) in [4.78, 5) is 15.3. The minimum Gasteiger partial charge on any atom is -0.493 e. The number of amides is 1. The second-order valence-electron chi connectivity index (χ2n) is 7.41. The fourth-order valence-corrected chi connectivity index (χ4v) is 5.38. The summed E-state index contributed by atoms with van der Waals surface area (Å²) >= 11 is 6.83. The van der Waals surface area contributed by atoms with Crippen molar-refractivity contribution < 1.29 is 14.3 Å². The van der Waals surface area contributed by atoms with Crippen LogP contribution in [0.1, 0.15) is 5.56 Å². The third-order valence-electron chi connectivity index (χ3n) is 5.65. The van der Waals surface area contributed by atoms with Crippen molar-refractivity contribution in [3.63, 3.8) is 0 Å². The number of anilines is 1. The molecule has 0 spiro atoms. The van der Waals surface area contributed by atoms with E-state index >= 15 is 0 Å². The Morgan fingerprint density at radius 3 is 2.44 bits per heavy atom. The monoisotopic (exact) mass is 460 g/mol. The average molecular weight is 461 g/mol. The van der Waals surface area contributed by atoms with Crippen molar-refractivity contribution in [2.24, 2.45) is 7.05 Å². The van der Waals surface area contributed by atoms with Crippen LogP contribution in [0.25, 0.3) is 27.9 Å². The van der Waals surface area contributed by atoms with Crippen molar-refractivity contribution in [1.82, 2.24) is 4.57 Å².